The van der Waals surface area contributed by atoms with Crippen molar-refractivity contribution in [2.75, 3.05) is 10.2 Å². The van der Waals surface area contributed by atoms with E-state index in [0.29, 0.717) is 21.4 Å². The number of hydrogen-bond acceptors (Lipinski definition) is 7. The van der Waals surface area contributed by atoms with E-state index in [1.54, 1.807) is 12.1 Å². The van der Waals surface area contributed by atoms with Crippen LogP contribution in [-0.2, 0) is 20.9 Å². The number of nitrogens with one attached hydrogen (secondary N) is 1. The molecule has 0 aliphatic carbocycles. The van der Waals surface area contributed by atoms with E-state index >= 15 is 0 Å². The first-order valence-corrected chi connectivity index (χ1v) is 13.1. The second-order valence-electron chi connectivity index (χ2n) is 8.72. The molecule has 0 saturated carbocycles. The molecule has 2 aromatic heterocycles. The molecule has 0 radical (unpaired) electrons. The van der Waals surface area contributed by atoms with Gasteiger partial charge in [0.15, 0.2) is 0 Å². The predicted molar refractivity (Wildman–Crippen MR) is 136 cm³/mol. The van der Waals surface area contributed by atoms with Crippen LogP contribution in [0.3, 0.4) is 0 Å². The van der Waals surface area contributed by atoms with Crippen LogP contribution in [-0.4, -0.2) is 27.5 Å². The normalized spacial score (nSPS) is 20.4. The summed E-state index contributed by atoms with van der Waals surface area (Å²) in [7, 11) is 0. The topological polar surface area (TPSA) is 102 Å². The monoisotopic (exact) mass is 553 g/mol. The first-order valence-electron chi connectivity index (χ1n) is 11.4. The van der Waals surface area contributed by atoms with Gasteiger partial charge in [-0.2, -0.15) is 0 Å². The van der Waals surface area contributed by atoms with Crippen molar-refractivity contribution in [1.29, 1.82) is 0 Å². The quantitative estimate of drug-likeness (QED) is 0.372. The van der Waals surface area contributed by atoms with Crippen LogP contribution in [0.2, 0.25) is 0 Å². The number of hydrogen-bond donors (Lipinski definition) is 1. The molecule has 0 spiro atoms. The summed E-state index contributed by atoms with van der Waals surface area (Å²) in [5, 5.41) is 2.14. The molecule has 0 unspecified atom stereocenters. The van der Waals surface area contributed by atoms with Crippen LogP contribution in [0.1, 0.15) is 16.6 Å². The molecule has 38 heavy (non-hydrogen) atoms. The molecule has 4 heterocycles. The van der Waals surface area contributed by atoms with Crippen LogP contribution in [0.5, 0.6) is 0 Å². The minimum Gasteiger partial charge on any atom is -0.469 e. The highest BCUT2D eigenvalue weighted by molar-refractivity contribution is 8.00. The SMILES string of the molecule is O=C(Cn1c2c(sc1=O)[C@@H](c1ccco1)[C@@H]1C(=O)N(c3ccc(F)cc3)C(=O)[C@@H]1S2)Nc1ccc(F)cc1. The molecule has 3 amide bonds. The zero-order valence-corrected chi connectivity index (χ0v) is 20.9. The number of halogens is 2. The van der Waals surface area contributed by atoms with E-state index in [-0.39, 0.29) is 12.2 Å². The van der Waals surface area contributed by atoms with Crippen LogP contribution in [0.4, 0.5) is 20.2 Å². The lowest BCUT2D eigenvalue weighted by atomic mass is 9.87. The van der Waals surface area contributed by atoms with Crippen molar-refractivity contribution < 1.29 is 27.6 Å². The zero-order valence-electron chi connectivity index (χ0n) is 19.3. The Balaban J connectivity index is 1.38. The van der Waals surface area contributed by atoms with Gasteiger partial charge < -0.3 is 9.73 Å². The lowest BCUT2D eigenvalue weighted by molar-refractivity contribution is -0.122. The van der Waals surface area contributed by atoms with E-state index in [1.807, 2.05) is 0 Å². The van der Waals surface area contributed by atoms with Crippen molar-refractivity contribution in [2.24, 2.45) is 5.92 Å². The number of anilines is 2. The Morgan fingerprint density at radius 2 is 1.63 bits per heavy atom. The molecule has 6 rings (SSSR count). The minimum absolute atomic E-state index is 0.244. The van der Waals surface area contributed by atoms with Gasteiger partial charge in [0.25, 0.3) is 0 Å². The maximum Gasteiger partial charge on any atom is 0.308 e. The Morgan fingerprint density at radius 3 is 2.29 bits per heavy atom. The van der Waals surface area contributed by atoms with Crippen molar-refractivity contribution in [2.45, 2.75) is 22.7 Å². The Morgan fingerprint density at radius 1 is 0.947 bits per heavy atom. The molecule has 2 aromatic carbocycles. The van der Waals surface area contributed by atoms with Gasteiger partial charge >= 0.3 is 4.87 Å². The summed E-state index contributed by atoms with van der Waals surface area (Å²) in [5.41, 5.74) is 0.607. The molecule has 2 aliphatic heterocycles. The summed E-state index contributed by atoms with van der Waals surface area (Å²) in [6, 6.07) is 13.6. The molecule has 8 nitrogen and oxygen atoms in total. The molecule has 192 valence electrons. The standard InChI is InChI=1S/C26H17F2N3O5S2/c27-13-3-7-15(8-4-13)29-18(32)12-30-25-22(38-26(30)35)19(17-2-1-11-36-17)20-21(37-25)24(34)31(23(20)33)16-9-5-14(28)6-10-16/h1-11,19-21H,12H2,(H,29,32)/t19-,20-,21+/m0/s1. The fourth-order valence-electron chi connectivity index (χ4n) is 4.75. The number of imide groups is 1. The van der Waals surface area contributed by atoms with Gasteiger partial charge in [-0.3, -0.25) is 23.7 Å². The predicted octanol–water partition coefficient (Wildman–Crippen LogP) is 4.22. The molecule has 1 fully saturated rings. The van der Waals surface area contributed by atoms with E-state index in [9.17, 15) is 28.0 Å². The largest absolute Gasteiger partial charge is 0.469 e. The van der Waals surface area contributed by atoms with E-state index in [4.69, 9.17) is 4.42 Å². The summed E-state index contributed by atoms with van der Waals surface area (Å²) in [6.45, 7) is -0.346. The molecule has 0 bridgehead atoms. The number of benzene rings is 2. The van der Waals surface area contributed by atoms with Crippen LogP contribution >= 0.6 is 23.1 Å². The number of nitrogens with zero attached hydrogens (tertiary/aromatic N) is 2. The highest BCUT2D eigenvalue weighted by Gasteiger charge is 2.57. The van der Waals surface area contributed by atoms with E-state index < -0.39 is 51.3 Å². The molecular weight excluding hydrogens is 536 g/mol. The highest BCUT2D eigenvalue weighted by atomic mass is 32.2. The second-order valence-corrected chi connectivity index (χ2v) is 10.8. The lowest BCUT2D eigenvalue weighted by Crippen LogP contribution is -2.32. The molecular formula is C26H17F2N3O5S2. The number of thioether (sulfide) groups is 1. The third-order valence-electron chi connectivity index (χ3n) is 6.41. The summed E-state index contributed by atoms with van der Waals surface area (Å²) < 4.78 is 33.6. The molecule has 12 heteroatoms. The molecule has 1 saturated heterocycles. The van der Waals surface area contributed by atoms with Crippen molar-refractivity contribution in [1.82, 2.24) is 4.57 Å². The molecule has 2 aliphatic rings. The van der Waals surface area contributed by atoms with Crippen molar-refractivity contribution in [3.05, 3.63) is 98.9 Å². The van der Waals surface area contributed by atoms with Gasteiger partial charge in [0.05, 0.1) is 33.7 Å². The lowest BCUT2D eigenvalue weighted by Gasteiger charge is -2.29. The van der Waals surface area contributed by atoms with E-state index in [2.05, 4.69) is 5.32 Å². The second kappa shape index (κ2) is 9.37. The van der Waals surface area contributed by atoms with Gasteiger partial charge in [-0.25, -0.2) is 13.7 Å². The third kappa shape index (κ3) is 4.05. The Kier molecular flexibility index (Phi) is 6.00. The number of carbonyl (C=O) groups is 3. The molecule has 4 aromatic rings. The van der Waals surface area contributed by atoms with E-state index in [0.717, 1.165) is 28.0 Å². The van der Waals surface area contributed by atoms with Crippen molar-refractivity contribution in [3.63, 3.8) is 0 Å². The summed E-state index contributed by atoms with van der Waals surface area (Å²) in [5.74, 6) is -3.63. The number of carbonyl (C=O) groups excluding carboxylic acids is 3. The smallest absolute Gasteiger partial charge is 0.308 e. The Hall–Kier alpha value is -4.03. The summed E-state index contributed by atoms with van der Waals surface area (Å²) in [4.78, 5) is 54.1. The number of rotatable bonds is 5. The van der Waals surface area contributed by atoms with Crippen LogP contribution < -0.4 is 15.1 Å². The Bertz CT molecular complexity index is 1610. The average Bonchev–Trinajstić information content (AvgIpc) is 3.59. The average molecular weight is 554 g/mol. The number of fused-ring (bicyclic) bond motifs is 2. The Labute approximate surface area is 221 Å². The highest BCUT2D eigenvalue weighted by Crippen LogP contribution is 2.53. The fraction of sp³-hybridized carbons (Fsp3) is 0.154. The maximum atomic E-state index is 13.6. The summed E-state index contributed by atoms with van der Waals surface area (Å²) >= 11 is 1.95. The van der Waals surface area contributed by atoms with Gasteiger partial charge in [0.1, 0.15) is 29.2 Å². The first-order chi connectivity index (χ1) is 18.3. The first kappa shape index (κ1) is 24.3. The zero-order chi connectivity index (χ0) is 26.6. The number of amides is 3. The van der Waals surface area contributed by atoms with Gasteiger partial charge in [-0.05, 0) is 60.7 Å². The van der Waals surface area contributed by atoms with Crippen LogP contribution in [0.15, 0.2) is 81.2 Å². The number of thiazole rings is 1. The molecule has 1 N–H and O–H groups in total. The van der Waals surface area contributed by atoms with Gasteiger partial charge in [0, 0.05) is 5.69 Å². The molecule has 3 atom stereocenters. The fourth-order valence-corrected chi connectivity index (χ4v) is 7.51. The van der Waals surface area contributed by atoms with Crippen molar-refractivity contribution in [3.8, 4) is 0 Å². The minimum atomic E-state index is -0.893. The van der Waals surface area contributed by atoms with Gasteiger partial charge in [-0.15, -0.1) is 0 Å². The number of aromatic nitrogens is 1. The van der Waals surface area contributed by atoms with Gasteiger partial charge in [-0.1, -0.05) is 23.1 Å². The van der Waals surface area contributed by atoms with Crippen molar-refractivity contribution >= 4 is 52.2 Å². The number of furan rings is 1. The van der Waals surface area contributed by atoms with Crippen LogP contribution in [0, 0.1) is 17.6 Å². The van der Waals surface area contributed by atoms with Crippen LogP contribution in [0.25, 0.3) is 0 Å². The van der Waals surface area contributed by atoms with Gasteiger partial charge in [0.2, 0.25) is 17.7 Å². The van der Waals surface area contributed by atoms with E-state index in [1.165, 1.54) is 59.4 Å². The third-order valence-corrected chi connectivity index (χ3v) is 9.02. The summed E-state index contributed by atoms with van der Waals surface area (Å²) in [6.07, 6.45) is 1.45. The maximum absolute atomic E-state index is 13.6.